The molecule has 0 atom stereocenters. The van der Waals surface area contributed by atoms with Crippen LogP contribution in [0.2, 0.25) is 0 Å². The summed E-state index contributed by atoms with van der Waals surface area (Å²) in [7, 11) is 3.05. The number of rotatable bonds is 6. The SMILES string of the molecule is COc1ccc(NC(=O)Nc2ccc(CC(=O)O)cc2)cc1OC. The molecule has 7 nitrogen and oxygen atoms in total. The maximum Gasteiger partial charge on any atom is 0.323 e. The first-order valence-corrected chi connectivity index (χ1v) is 7.12. The minimum atomic E-state index is -0.901. The fourth-order valence-electron chi connectivity index (χ4n) is 2.09. The maximum absolute atomic E-state index is 12.0. The fourth-order valence-corrected chi connectivity index (χ4v) is 2.09. The van der Waals surface area contributed by atoms with Gasteiger partial charge in [0, 0.05) is 17.4 Å². The lowest BCUT2D eigenvalue weighted by Crippen LogP contribution is -2.19. The van der Waals surface area contributed by atoms with Crippen molar-refractivity contribution in [3.63, 3.8) is 0 Å². The van der Waals surface area contributed by atoms with Gasteiger partial charge in [-0.3, -0.25) is 4.79 Å². The Hall–Kier alpha value is -3.22. The monoisotopic (exact) mass is 330 g/mol. The van der Waals surface area contributed by atoms with Crippen molar-refractivity contribution in [3.8, 4) is 11.5 Å². The van der Waals surface area contributed by atoms with Gasteiger partial charge in [0.05, 0.1) is 20.6 Å². The number of anilines is 2. The average Bonchev–Trinajstić information content (AvgIpc) is 2.56. The van der Waals surface area contributed by atoms with Crippen LogP contribution in [0.1, 0.15) is 5.56 Å². The molecule has 0 aromatic heterocycles. The summed E-state index contributed by atoms with van der Waals surface area (Å²) >= 11 is 0. The lowest BCUT2D eigenvalue weighted by Gasteiger charge is -2.11. The van der Waals surface area contributed by atoms with Crippen molar-refractivity contribution in [3.05, 3.63) is 48.0 Å². The summed E-state index contributed by atoms with van der Waals surface area (Å²) in [6, 6.07) is 11.2. The van der Waals surface area contributed by atoms with Gasteiger partial charge in [-0.15, -0.1) is 0 Å². The van der Waals surface area contributed by atoms with Crippen LogP contribution >= 0.6 is 0 Å². The second-order valence-electron chi connectivity index (χ2n) is 4.92. The van der Waals surface area contributed by atoms with Crippen molar-refractivity contribution in [2.24, 2.45) is 0 Å². The molecule has 0 fully saturated rings. The van der Waals surface area contributed by atoms with Crippen molar-refractivity contribution in [2.75, 3.05) is 24.9 Å². The smallest absolute Gasteiger partial charge is 0.323 e. The Bertz CT molecular complexity index is 728. The number of amides is 2. The molecule has 0 radical (unpaired) electrons. The number of nitrogens with one attached hydrogen (secondary N) is 2. The first-order chi connectivity index (χ1) is 11.5. The van der Waals surface area contributed by atoms with Crippen LogP contribution in [-0.4, -0.2) is 31.3 Å². The third kappa shape index (κ3) is 4.64. The molecule has 0 aliphatic carbocycles. The van der Waals surface area contributed by atoms with Crippen LogP contribution in [0.3, 0.4) is 0 Å². The predicted molar refractivity (Wildman–Crippen MR) is 90.0 cm³/mol. The molecule has 7 heteroatoms. The van der Waals surface area contributed by atoms with Crippen molar-refractivity contribution < 1.29 is 24.2 Å². The van der Waals surface area contributed by atoms with Gasteiger partial charge in [-0.1, -0.05) is 12.1 Å². The van der Waals surface area contributed by atoms with Gasteiger partial charge < -0.3 is 25.2 Å². The molecule has 2 rings (SSSR count). The summed E-state index contributed by atoms with van der Waals surface area (Å²) in [4.78, 5) is 22.6. The quantitative estimate of drug-likeness (QED) is 0.756. The van der Waals surface area contributed by atoms with Gasteiger partial charge in [-0.05, 0) is 29.8 Å². The summed E-state index contributed by atoms with van der Waals surface area (Å²) in [5.74, 6) is 0.174. The Morgan fingerprint density at radius 1 is 0.917 bits per heavy atom. The van der Waals surface area contributed by atoms with Gasteiger partial charge in [-0.25, -0.2) is 4.79 Å². The van der Waals surface area contributed by atoms with Crippen LogP contribution in [0.25, 0.3) is 0 Å². The number of carboxylic acid groups (broad SMARTS) is 1. The van der Waals surface area contributed by atoms with E-state index >= 15 is 0 Å². The number of carboxylic acids is 1. The number of hydrogen-bond acceptors (Lipinski definition) is 4. The van der Waals surface area contributed by atoms with Crippen LogP contribution in [0.5, 0.6) is 11.5 Å². The number of aliphatic carboxylic acids is 1. The fraction of sp³-hybridized carbons (Fsp3) is 0.176. The third-order valence-electron chi connectivity index (χ3n) is 3.21. The first-order valence-electron chi connectivity index (χ1n) is 7.12. The molecule has 0 aliphatic rings. The number of methoxy groups -OCH3 is 2. The Morgan fingerprint density at radius 2 is 1.50 bits per heavy atom. The van der Waals surface area contributed by atoms with Crippen LogP contribution < -0.4 is 20.1 Å². The van der Waals surface area contributed by atoms with E-state index < -0.39 is 12.0 Å². The lowest BCUT2D eigenvalue weighted by atomic mass is 10.1. The largest absolute Gasteiger partial charge is 0.493 e. The summed E-state index contributed by atoms with van der Waals surface area (Å²) in [6.45, 7) is 0. The highest BCUT2D eigenvalue weighted by Crippen LogP contribution is 2.29. The maximum atomic E-state index is 12.0. The van der Waals surface area contributed by atoms with E-state index in [-0.39, 0.29) is 6.42 Å². The Morgan fingerprint density at radius 3 is 2.08 bits per heavy atom. The number of hydrogen-bond donors (Lipinski definition) is 3. The van der Waals surface area contributed by atoms with Gasteiger partial charge in [0.2, 0.25) is 0 Å². The van der Waals surface area contributed by atoms with Gasteiger partial charge in [-0.2, -0.15) is 0 Å². The van der Waals surface area contributed by atoms with E-state index in [0.29, 0.717) is 28.4 Å². The van der Waals surface area contributed by atoms with Crippen molar-refractivity contribution in [2.45, 2.75) is 6.42 Å². The Balaban J connectivity index is 1.99. The van der Waals surface area contributed by atoms with Crippen molar-refractivity contribution >= 4 is 23.4 Å². The van der Waals surface area contributed by atoms with Gasteiger partial charge in [0.15, 0.2) is 11.5 Å². The van der Waals surface area contributed by atoms with Crippen molar-refractivity contribution in [1.29, 1.82) is 0 Å². The molecule has 24 heavy (non-hydrogen) atoms. The second-order valence-corrected chi connectivity index (χ2v) is 4.92. The Kier molecular flexibility index (Phi) is 5.62. The molecule has 0 unspecified atom stereocenters. The number of carbonyl (C=O) groups excluding carboxylic acids is 1. The molecule has 0 aliphatic heterocycles. The van der Waals surface area contributed by atoms with E-state index in [4.69, 9.17) is 14.6 Å². The molecular weight excluding hydrogens is 312 g/mol. The Labute approximate surface area is 139 Å². The highest BCUT2D eigenvalue weighted by Gasteiger charge is 2.08. The number of ether oxygens (including phenoxy) is 2. The zero-order valence-electron chi connectivity index (χ0n) is 13.3. The van der Waals surface area contributed by atoms with E-state index in [0.717, 1.165) is 0 Å². The molecule has 0 saturated carbocycles. The number of benzene rings is 2. The second kappa shape index (κ2) is 7.87. The van der Waals surface area contributed by atoms with Crippen LogP contribution in [0.4, 0.5) is 16.2 Å². The zero-order chi connectivity index (χ0) is 17.5. The molecule has 3 N–H and O–H groups in total. The minimum Gasteiger partial charge on any atom is -0.493 e. The van der Waals surface area contributed by atoms with E-state index in [1.807, 2.05) is 0 Å². The van der Waals surface area contributed by atoms with Crippen LogP contribution in [0.15, 0.2) is 42.5 Å². The normalized spacial score (nSPS) is 9.92. The van der Waals surface area contributed by atoms with Gasteiger partial charge in [0.1, 0.15) is 0 Å². The minimum absolute atomic E-state index is 0.0574. The highest BCUT2D eigenvalue weighted by atomic mass is 16.5. The van der Waals surface area contributed by atoms with Crippen LogP contribution in [0, 0.1) is 0 Å². The summed E-state index contributed by atoms with van der Waals surface area (Å²) in [5.41, 5.74) is 1.77. The molecule has 0 heterocycles. The topological polar surface area (TPSA) is 96.9 Å². The molecule has 126 valence electrons. The van der Waals surface area contributed by atoms with Gasteiger partial charge in [0.25, 0.3) is 0 Å². The van der Waals surface area contributed by atoms with Crippen molar-refractivity contribution in [1.82, 2.24) is 0 Å². The van der Waals surface area contributed by atoms with Crippen LogP contribution in [-0.2, 0) is 11.2 Å². The van der Waals surface area contributed by atoms with E-state index in [9.17, 15) is 9.59 Å². The molecule has 2 aromatic carbocycles. The zero-order valence-corrected chi connectivity index (χ0v) is 13.3. The first kappa shape index (κ1) is 17.1. The standard InChI is InChI=1S/C17H18N2O5/c1-23-14-8-7-13(10-15(14)24-2)19-17(22)18-12-5-3-11(4-6-12)9-16(20)21/h3-8,10H,9H2,1-2H3,(H,20,21)(H2,18,19,22). The van der Waals surface area contributed by atoms with E-state index in [1.165, 1.54) is 14.2 Å². The van der Waals surface area contributed by atoms with Gasteiger partial charge >= 0.3 is 12.0 Å². The molecule has 0 spiro atoms. The molecule has 0 bridgehead atoms. The summed E-state index contributed by atoms with van der Waals surface area (Å²) in [6.07, 6.45) is -0.0574. The number of urea groups is 1. The number of carbonyl (C=O) groups is 2. The third-order valence-corrected chi connectivity index (χ3v) is 3.21. The predicted octanol–water partition coefficient (Wildman–Crippen LogP) is 2.97. The lowest BCUT2D eigenvalue weighted by molar-refractivity contribution is -0.136. The highest BCUT2D eigenvalue weighted by molar-refractivity contribution is 5.99. The van der Waals surface area contributed by atoms with E-state index in [2.05, 4.69) is 10.6 Å². The van der Waals surface area contributed by atoms with E-state index in [1.54, 1.807) is 42.5 Å². The summed E-state index contributed by atoms with van der Waals surface area (Å²) < 4.78 is 10.3. The molecule has 0 saturated heterocycles. The summed E-state index contributed by atoms with van der Waals surface area (Å²) in [5, 5.41) is 14.1. The molecule has 2 amide bonds. The molecule has 2 aromatic rings. The average molecular weight is 330 g/mol. The molecular formula is C17H18N2O5.